The molecule has 0 unspecified atom stereocenters. The lowest BCUT2D eigenvalue weighted by atomic mass is 10.1. The Morgan fingerprint density at radius 3 is 2.81 bits per heavy atom. The summed E-state index contributed by atoms with van der Waals surface area (Å²) in [5.74, 6) is 0.843. The summed E-state index contributed by atoms with van der Waals surface area (Å²) in [6.07, 6.45) is 2.45. The number of benzene rings is 1. The van der Waals surface area contributed by atoms with Crippen molar-refractivity contribution in [3.63, 3.8) is 0 Å². The SMILES string of the molecule is COc1cc(C)c2c(c1)c(CC#N)cn2C. The predicted molar refractivity (Wildman–Crippen MR) is 63.5 cm³/mol. The van der Waals surface area contributed by atoms with Gasteiger partial charge in [0.25, 0.3) is 0 Å². The molecular weight excluding hydrogens is 200 g/mol. The summed E-state index contributed by atoms with van der Waals surface area (Å²) in [7, 11) is 3.66. The smallest absolute Gasteiger partial charge is 0.119 e. The minimum absolute atomic E-state index is 0.434. The van der Waals surface area contributed by atoms with Crippen molar-refractivity contribution in [3.05, 3.63) is 29.5 Å². The van der Waals surface area contributed by atoms with E-state index in [1.807, 2.05) is 25.4 Å². The molecule has 3 nitrogen and oxygen atoms in total. The molecule has 1 heterocycles. The van der Waals surface area contributed by atoms with Crippen LogP contribution in [0.15, 0.2) is 18.3 Å². The molecule has 3 heteroatoms. The Bertz CT molecular complexity index is 576. The number of hydrogen-bond acceptors (Lipinski definition) is 2. The molecule has 1 aromatic carbocycles. The van der Waals surface area contributed by atoms with E-state index in [1.165, 1.54) is 11.1 Å². The van der Waals surface area contributed by atoms with Crippen molar-refractivity contribution in [2.45, 2.75) is 13.3 Å². The maximum atomic E-state index is 8.79. The van der Waals surface area contributed by atoms with E-state index in [0.29, 0.717) is 6.42 Å². The topological polar surface area (TPSA) is 37.9 Å². The summed E-state index contributed by atoms with van der Waals surface area (Å²) in [5, 5.41) is 9.91. The first-order valence-corrected chi connectivity index (χ1v) is 5.17. The Labute approximate surface area is 94.9 Å². The molecule has 0 radical (unpaired) electrons. The monoisotopic (exact) mass is 214 g/mol. The first-order chi connectivity index (χ1) is 7.67. The molecule has 0 saturated carbocycles. The van der Waals surface area contributed by atoms with E-state index >= 15 is 0 Å². The van der Waals surface area contributed by atoms with Gasteiger partial charge >= 0.3 is 0 Å². The molecule has 1 aromatic heterocycles. The Morgan fingerprint density at radius 1 is 1.44 bits per heavy atom. The molecule has 82 valence electrons. The molecule has 0 bridgehead atoms. The molecule has 2 aromatic rings. The van der Waals surface area contributed by atoms with E-state index in [4.69, 9.17) is 10.00 Å². The quantitative estimate of drug-likeness (QED) is 0.770. The predicted octanol–water partition coefficient (Wildman–Crippen LogP) is 2.56. The van der Waals surface area contributed by atoms with Crippen molar-refractivity contribution in [1.82, 2.24) is 4.57 Å². The van der Waals surface area contributed by atoms with Crippen LogP contribution in [0.3, 0.4) is 0 Å². The highest BCUT2D eigenvalue weighted by Crippen LogP contribution is 2.28. The zero-order valence-electron chi connectivity index (χ0n) is 9.74. The third-order valence-electron chi connectivity index (χ3n) is 2.83. The highest BCUT2D eigenvalue weighted by atomic mass is 16.5. The molecule has 0 atom stereocenters. The number of methoxy groups -OCH3 is 1. The van der Waals surface area contributed by atoms with Crippen LogP contribution in [0.2, 0.25) is 0 Å². The van der Waals surface area contributed by atoms with Crippen molar-refractivity contribution in [2.75, 3.05) is 7.11 Å². The van der Waals surface area contributed by atoms with E-state index in [0.717, 1.165) is 16.7 Å². The van der Waals surface area contributed by atoms with E-state index in [2.05, 4.69) is 17.6 Å². The number of nitrogens with zero attached hydrogens (tertiary/aromatic N) is 2. The van der Waals surface area contributed by atoms with Gasteiger partial charge in [-0.1, -0.05) is 0 Å². The van der Waals surface area contributed by atoms with Crippen LogP contribution in [-0.2, 0) is 13.5 Å². The first kappa shape index (κ1) is 10.6. The maximum Gasteiger partial charge on any atom is 0.119 e. The Balaban J connectivity index is 2.77. The van der Waals surface area contributed by atoms with E-state index in [9.17, 15) is 0 Å². The fourth-order valence-electron chi connectivity index (χ4n) is 2.17. The zero-order chi connectivity index (χ0) is 11.7. The van der Waals surface area contributed by atoms with Crippen molar-refractivity contribution in [2.24, 2.45) is 7.05 Å². The number of fused-ring (bicyclic) bond motifs is 1. The number of aromatic nitrogens is 1. The van der Waals surface area contributed by atoms with Crippen LogP contribution in [0.4, 0.5) is 0 Å². The molecule has 0 aliphatic heterocycles. The average Bonchev–Trinajstić information content (AvgIpc) is 2.56. The lowest BCUT2D eigenvalue weighted by molar-refractivity contribution is 0.415. The minimum atomic E-state index is 0.434. The van der Waals surface area contributed by atoms with E-state index in [1.54, 1.807) is 7.11 Å². The van der Waals surface area contributed by atoms with Gasteiger partial charge in [0.1, 0.15) is 5.75 Å². The standard InChI is InChI=1S/C13H14N2O/c1-9-6-11(16-3)7-12-10(4-5-14)8-15(2)13(9)12/h6-8H,4H2,1-3H3. The average molecular weight is 214 g/mol. The maximum absolute atomic E-state index is 8.79. The molecule has 0 aliphatic rings. The van der Waals surface area contributed by atoms with Gasteiger partial charge in [-0.25, -0.2) is 0 Å². The zero-order valence-corrected chi connectivity index (χ0v) is 9.74. The minimum Gasteiger partial charge on any atom is -0.497 e. The van der Waals surface area contributed by atoms with Crippen LogP contribution in [-0.4, -0.2) is 11.7 Å². The van der Waals surface area contributed by atoms with Gasteiger partial charge in [0.15, 0.2) is 0 Å². The normalized spacial score (nSPS) is 10.4. The van der Waals surface area contributed by atoms with Gasteiger partial charge in [0.2, 0.25) is 0 Å². The molecule has 16 heavy (non-hydrogen) atoms. The van der Waals surface area contributed by atoms with Gasteiger partial charge in [-0.15, -0.1) is 0 Å². The molecule has 0 fully saturated rings. The van der Waals surface area contributed by atoms with Crippen LogP contribution in [0.1, 0.15) is 11.1 Å². The first-order valence-electron chi connectivity index (χ1n) is 5.17. The van der Waals surface area contributed by atoms with Crippen LogP contribution in [0.25, 0.3) is 10.9 Å². The van der Waals surface area contributed by atoms with Crippen LogP contribution < -0.4 is 4.74 Å². The van der Waals surface area contributed by atoms with Gasteiger partial charge < -0.3 is 9.30 Å². The van der Waals surface area contributed by atoms with E-state index < -0.39 is 0 Å². The van der Waals surface area contributed by atoms with Crippen LogP contribution in [0, 0.1) is 18.3 Å². The lowest BCUT2D eigenvalue weighted by Gasteiger charge is -2.05. The summed E-state index contributed by atoms with van der Waals surface area (Å²) in [5.41, 5.74) is 3.40. The molecule has 0 aliphatic carbocycles. The molecule has 0 saturated heterocycles. The Morgan fingerprint density at radius 2 is 2.19 bits per heavy atom. The second-order valence-corrected chi connectivity index (χ2v) is 3.94. The Kier molecular flexibility index (Phi) is 2.57. The molecular formula is C13H14N2O. The third-order valence-corrected chi connectivity index (χ3v) is 2.83. The van der Waals surface area contributed by atoms with Crippen molar-refractivity contribution >= 4 is 10.9 Å². The van der Waals surface area contributed by atoms with Crippen molar-refractivity contribution in [1.29, 1.82) is 5.26 Å². The number of aryl methyl sites for hydroxylation is 2. The van der Waals surface area contributed by atoms with Crippen LogP contribution >= 0.6 is 0 Å². The largest absolute Gasteiger partial charge is 0.497 e. The van der Waals surface area contributed by atoms with Gasteiger partial charge in [-0.3, -0.25) is 0 Å². The Hall–Kier alpha value is -1.95. The molecule has 0 N–H and O–H groups in total. The fourth-order valence-corrected chi connectivity index (χ4v) is 2.17. The second-order valence-electron chi connectivity index (χ2n) is 3.94. The summed E-state index contributed by atoms with van der Waals surface area (Å²) in [4.78, 5) is 0. The van der Waals surface area contributed by atoms with E-state index in [-0.39, 0.29) is 0 Å². The van der Waals surface area contributed by atoms with Gasteiger partial charge in [0.05, 0.1) is 25.1 Å². The van der Waals surface area contributed by atoms with Crippen LogP contribution in [0.5, 0.6) is 5.75 Å². The van der Waals surface area contributed by atoms with Crippen molar-refractivity contribution < 1.29 is 4.74 Å². The molecule has 0 amide bonds. The number of hydrogen-bond donors (Lipinski definition) is 0. The highest BCUT2D eigenvalue weighted by molar-refractivity contribution is 5.88. The van der Waals surface area contributed by atoms with Gasteiger partial charge in [0, 0.05) is 18.6 Å². The second kappa shape index (κ2) is 3.90. The third kappa shape index (κ3) is 1.53. The van der Waals surface area contributed by atoms with Crippen molar-refractivity contribution in [3.8, 4) is 11.8 Å². The van der Waals surface area contributed by atoms with Gasteiger partial charge in [-0.05, 0) is 30.2 Å². The summed E-state index contributed by atoms with van der Waals surface area (Å²) in [6.45, 7) is 2.06. The summed E-state index contributed by atoms with van der Waals surface area (Å²) >= 11 is 0. The summed E-state index contributed by atoms with van der Waals surface area (Å²) in [6, 6.07) is 6.20. The molecule has 2 rings (SSSR count). The fraction of sp³-hybridized carbons (Fsp3) is 0.308. The number of ether oxygens (including phenoxy) is 1. The number of rotatable bonds is 2. The van der Waals surface area contributed by atoms with Gasteiger partial charge in [-0.2, -0.15) is 5.26 Å². The summed E-state index contributed by atoms with van der Waals surface area (Å²) < 4.78 is 7.32. The molecule has 0 spiro atoms. The number of nitriles is 1. The lowest BCUT2D eigenvalue weighted by Crippen LogP contribution is -1.89. The highest BCUT2D eigenvalue weighted by Gasteiger charge is 2.10.